The van der Waals surface area contributed by atoms with Crippen molar-refractivity contribution in [3.05, 3.63) is 68.2 Å². The van der Waals surface area contributed by atoms with E-state index >= 15 is 0 Å². The van der Waals surface area contributed by atoms with E-state index in [1.165, 1.54) is 11.6 Å². The van der Waals surface area contributed by atoms with Crippen molar-refractivity contribution in [2.45, 2.75) is 31.7 Å². The van der Waals surface area contributed by atoms with E-state index in [-0.39, 0.29) is 23.6 Å². The Hall–Kier alpha value is -2.29. The summed E-state index contributed by atoms with van der Waals surface area (Å²) >= 11 is 3.53. The number of nitrogens with one attached hydrogen (secondary N) is 2. The lowest BCUT2D eigenvalue weighted by molar-refractivity contribution is -0.385. The van der Waals surface area contributed by atoms with Gasteiger partial charge in [-0.1, -0.05) is 34.1 Å². The number of benzene rings is 2. The number of halogens is 1. The van der Waals surface area contributed by atoms with Crippen LogP contribution in [0.1, 0.15) is 30.4 Å². The first-order valence-electron chi connectivity index (χ1n) is 9.54. The third-order valence-corrected chi connectivity index (χ3v) is 5.81. The van der Waals surface area contributed by atoms with Gasteiger partial charge in [-0.05, 0) is 43.5 Å². The highest BCUT2D eigenvalue weighted by Gasteiger charge is 2.34. The van der Waals surface area contributed by atoms with Gasteiger partial charge < -0.3 is 15.4 Å². The number of nitro benzene ring substituents is 1. The molecule has 0 spiro atoms. The van der Waals surface area contributed by atoms with Gasteiger partial charge in [-0.15, -0.1) is 0 Å². The maximum atomic E-state index is 12.4. The molecule has 2 N–H and O–H groups in total. The standard InChI is InChI=1S/C21H24BrN3O4/c1-15-18(6-3-7-19(15)25(27)28)24-20(26)8-11-23-21(9-12-29-13-10-21)16-4-2-5-17(22)14-16/h2-7,14,23H,8-13H2,1H3,(H,24,26). The monoisotopic (exact) mass is 461 g/mol. The molecule has 1 fully saturated rings. The molecule has 7 nitrogen and oxygen atoms in total. The van der Waals surface area contributed by atoms with Crippen LogP contribution in [0.4, 0.5) is 11.4 Å². The Morgan fingerprint density at radius 1 is 1.24 bits per heavy atom. The molecule has 0 unspecified atom stereocenters. The highest BCUT2D eigenvalue weighted by atomic mass is 79.9. The summed E-state index contributed by atoms with van der Waals surface area (Å²) in [7, 11) is 0. The van der Waals surface area contributed by atoms with Crippen molar-refractivity contribution >= 4 is 33.2 Å². The number of nitro groups is 1. The Bertz CT molecular complexity index is 897. The van der Waals surface area contributed by atoms with Gasteiger partial charge in [0, 0.05) is 42.3 Å². The molecule has 1 heterocycles. The van der Waals surface area contributed by atoms with Crippen LogP contribution in [0.25, 0.3) is 0 Å². The third kappa shape index (κ3) is 5.20. The number of nitrogens with zero attached hydrogens (tertiary/aromatic N) is 1. The summed E-state index contributed by atoms with van der Waals surface area (Å²) in [5.74, 6) is -0.183. The van der Waals surface area contributed by atoms with Crippen molar-refractivity contribution in [3.8, 4) is 0 Å². The Labute approximate surface area is 178 Å². The van der Waals surface area contributed by atoms with Crippen molar-refractivity contribution in [2.75, 3.05) is 25.1 Å². The van der Waals surface area contributed by atoms with Gasteiger partial charge in [0.2, 0.25) is 5.91 Å². The van der Waals surface area contributed by atoms with E-state index in [0.29, 0.717) is 31.0 Å². The van der Waals surface area contributed by atoms with E-state index in [1.54, 1.807) is 19.1 Å². The fourth-order valence-corrected chi connectivity index (χ4v) is 4.06. The number of ether oxygens (including phenoxy) is 1. The normalized spacial score (nSPS) is 15.7. The van der Waals surface area contributed by atoms with E-state index in [1.807, 2.05) is 12.1 Å². The van der Waals surface area contributed by atoms with Crippen molar-refractivity contribution in [3.63, 3.8) is 0 Å². The lowest BCUT2D eigenvalue weighted by Crippen LogP contribution is -2.47. The molecule has 1 saturated heterocycles. The maximum absolute atomic E-state index is 12.4. The molecule has 3 rings (SSSR count). The van der Waals surface area contributed by atoms with Crippen LogP contribution in [0.3, 0.4) is 0 Å². The van der Waals surface area contributed by atoms with Crippen molar-refractivity contribution in [2.24, 2.45) is 0 Å². The van der Waals surface area contributed by atoms with Crippen LogP contribution in [0, 0.1) is 17.0 Å². The maximum Gasteiger partial charge on any atom is 0.274 e. The SMILES string of the molecule is Cc1c(NC(=O)CCNC2(c3cccc(Br)c3)CCOCC2)cccc1[N+](=O)[O-]. The molecule has 2 aromatic rings. The van der Waals surface area contributed by atoms with E-state index in [9.17, 15) is 14.9 Å². The van der Waals surface area contributed by atoms with E-state index < -0.39 is 4.92 Å². The van der Waals surface area contributed by atoms with Gasteiger partial charge in [0.05, 0.1) is 16.2 Å². The van der Waals surface area contributed by atoms with Crippen LogP contribution < -0.4 is 10.6 Å². The van der Waals surface area contributed by atoms with Crippen LogP contribution in [0.15, 0.2) is 46.9 Å². The van der Waals surface area contributed by atoms with Crippen LogP contribution in [-0.4, -0.2) is 30.6 Å². The molecule has 2 aromatic carbocycles. The molecule has 0 saturated carbocycles. The van der Waals surface area contributed by atoms with Crippen molar-refractivity contribution in [1.82, 2.24) is 5.32 Å². The molecule has 0 aliphatic carbocycles. The predicted octanol–water partition coefficient (Wildman–Crippen LogP) is 4.29. The smallest absolute Gasteiger partial charge is 0.274 e. The van der Waals surface area contributed by atoms with Gasteiger partial charge in [0.15, 0.2) is 0 Å². The number of rotatable bonds is 7. The minimum atomic E-state index is -0.445. The highest BCUT2D eigenvalue weighted by Crippen LogP contribution is 2.33. The summed E-state index contributed by atoms with van der Waals surface area (Å²) in [6, 6.07) is 12.9. The van der Waals surface area contributed by atoms with Gasteiger partial charge in [0.1, 0.15) is 0 Å². The number of anilines is 1. The zero-order valence-electron chi connectivity index (χ0n) is 16.2. The lowest BCUT2D eigenvalue weighted by Gasteiger charge is -2.39. The lowest BCUT2D eigenvalue weighted by atomic mass is 9.82. The Morgan fingerprint density at radius 2 is 1.97 bits per heavy atom. The van der Waals surface area contributed by atoms with Gasteiger partial charge in [-0.2, -0.15) is 0 Å². The molecule has 1 amide bonds. The minimum absolute atomic E-state index is 0.00302. The molecule has 0 atom stereocenters. The number of hydrogen-bond acceptors (Lipinski definition) is 5. The highest BCUT2D eigenvalue weighted by molar-refractivity contribution is 9.10. The summed E-state index contributed by atoms with van der Waals surface area (Å²) in [4.78, 5) is 23.1. The molecule has 0 aromatic heterocycles. The summed E-state index contributed by atoms with van der Waals surface area (Å²) < 4.78 is 6.56. The molecule has 0 bridgehead atoms. The summed E-state index contributed by atoms with van der Waals surface area (Å²) in [5.41, 5.74) is 1.86. The first kappa shape index (κ1) is 21.4. The van der Waals surface area contributed by atoms with E-state index in [0.717, 1.165) is 17.3 Å². The number of amides is 1. The van der Waals surface area contributed by atoms with Crippen LogP contribution in [-0.2, 0) is 15.1 Å². The summed E-state index contributed by atoms with van der Waals surface area (Å²) in [5, 5.41) is 17.4. The number of hydrogen-bond donors (Lipinski definition) is 2. The van der Waals surface area contributed by atoms with Crippen LogP contribution in [0.5, 0.6) is 0 Å². The second-order valence-electron chi connectivity index (χ2n) is 7.14. The molecule has 0 radical (unpaired) electrons. The average Bonchev–Trinajstić information content (AvgIpc) is 2.70. The molecule has 1 aliphatic rings. The van der Waals surface area contributed by atoms with Gasteiger partial charge in [-0.25, -0.2) is 0 Å². The third-order valence-electron chi connectivity index (χ3n) is 5.31. The van der Waals surface area contributed by atoms with Crippen molar-refractivity contribution < 1.29 is 14.5 Å². The van der Waals surface area contributed by atoms with Crippen molar-refractivity contribution in [1.29, 1.82) is 0 Å². The molecule has 8 heteroatoms. The second-order valence-corrected chi connectivity index (χ2v) is 8.05. The quantitative estimate of drug-likeness (QED) is 0.473. The van der Waals surface area contributed by atoms with Gasteiger partial charge in [0.25, 0.3) is 5.69 Å². The van der Waals surface area contributed by atoms with E-state index in [4.69, 9.17) is 4.74 Å². The Balaban J connectivity index is 1.64. The first-order chi connectivity index (χ1) is 13.9. The summed E-state index contributed by atoms with van der Waals surface area (Å²) in [6.07, 6.45) is 1.92. The van der Waals surface area contributed by atoms with Gasteiger partial charge >= 0.3 is 0 Å². The molecular formula is C21H24BrN3O4. The largest absolute Gasteiger partial charge is 0.381 e. The topological polar surface area (TPSA) is 93.5 Å². The Morgan fingerprint density at radius 3 is 2.66 bits per heavy atom. The van der Waals surface area contributed by atoms with Crippen LogP contribution in [0.2, 0.25) is 0 Å². The number of carbonyl (C=O) groups excluding carboxylic acids is 1. The van der Waals surface area contributed by atoms with E-state index in [2.05, 4.69) is 38.7 Å². The number of carbonyl (C=O) groups is 1. The molecule has 29 heavy (non-hydrogen) atoms. The van der Waals surface area contributed by atoms with Gasteiger partial charge in [-0.3, -0.25) is 14.9 Å². The second kappa shape index (κ2) is 9.47. The molecular weight excluding hydrogens is 438 g/mol. The predicted molar refractivity (Wildman–Crippen MR) is 115 cm³/mol. The van der Waals surface area contributed by atoms with Crippen LogP contribution >= 0.6 is 15.9 Å². The molecule has 1 aliphatic heterocycles. The fraction of sp³-hybridized carbons (Fsp3) is 0.381. The molecule has 154 valence electrons. The average molecular weight is 462 g/mol. The Kier molecular flexibility index (Phi) is 7.00. The summed E-state index contributed by atoms with van der Waals surface area (Å²) in [6.45, 7) is 3.46. The fourth-order valence-electron chi connectivity index (χ4n) is 3.66. The zero-order chi connectivity index (χ0) is 20.9. The minimum Gasteiger partial charge on any atom is -0.381 e. The first-order valence-corrected chi connectivity index (χ1v) is 10.3. The zero-order valence-corrected chi connectivity index (χ0v) is 17.8.